The van der Waals surface area contributed by atoms with Gasteiger partial charge in [0.15, 0.2) is 5.78 Å². The van der Waals surface area contributed by atoms with E-state index >= 15 is 0 Å². The zero-order valence-corrected chi connectivity index (χ0v) is 7.38. The first-order chi connectivity index (χ1) is 5.45. The van der Waals surface area contributed by atoms with Crippen LogP contribution in [0.3, 0.4) is 0 Å². The first-order valence-electron chi connectivity index (χ1n) is 3.37. The summed E-state index contributed by atoms with van der Waals surface area (Å²) in [6.45, 7) is 7.66. The van der Waals surface area contributed by atoms with Crippen molar-refractivity contribution in [1.29, 1.82) is 0 Å². The fourth-order valence-corrected chi connectivity index (χ4v) is 0.252. The van der Waals surface area contributed by atoms with Crippen molar-refractivity contribution in [3.8, 4) is 0 Å². The van der Waals surface area contributed by atoms with Crippen LogP contribution in [0.25, 0.3) is 0 Å². The molecule has 0 bridgehead atoms. The predicted octanol–water partition coefficient (Wildman–Crippen LogP) is 1.07. The van der Waals surface area contributed by atoms with Crippen LogP contribution in [0.4, 0.5) is 0 Å². The van der Waals surface area contributed by atoms with Crippen LogP contribution in [0.15, 0.2) is 17.3 Å². The Balaban J connectivity index is 4.14. The monoisotopic (exact) mass is 169 g/mol. The maximum atomic E-state index is 10.7. The third-order valence-electron chi connectivity index (χ3n) is 1.12. The lowest BCUT2D eigenvalue weighted by molar-refractivity contribution is -0.138. The number of nitrogens with zero attached hydrogens (tertiary/aromatic N) is 1. The van der Waals surface area contributed by atoms with Crippen molar-refractivity contribution in [1.82, 2.24) is 0 Å². The Bertz CT molecular complexity index is 253. The van der Waals surface area contributed by atoms with E-state index in [0.717, 1.165) is 0 Å². The topological polar surface area (TPSA) is 55.7 Å². The van der Waals surface area contributed by atoms with Gasteiger partial charge in [-0.05, 0) is 13.8 Å². The van der Waals surface area contributed by atoms with E-state index < -0.39 is 5.97 Å². The fraction of sp³-hybridized carbons (Fsp3) is 0.375. The molecule has 0 aliphatic rings. The molecular formula is C8H11NO3. The highest BCUT2D eigenvalue weighted by Gasteiger charge is 2.04. The van der Waals surface area contributed by atoms with Gasteiger partial charge in [0.1, 0.15) is 5.71 Å². The molecule has 4 heteroatoms. The second-order valence-electron chi connectivity index (χ2n) is 2.39. The molecule has 0 aromatic rings. The van der Waals surface area contributed by atoms with Gasteiger partial charge in [0.05, 0.1) is 0 Å². The van der Waals surface area contributed by atoms with Crippen molar-refractivity contribution in [3.05, 3.63) is 12.2 Å². The molecule has 0 atom stereocenters. The van der Waals surface area contributed by atoms with Crippen molar-refractivity contribution in [2.75, 3.05) is 0 Å². The zero-order valence-electron chi connectivity index (χ0n) is 7.38. The molecule has 0 aliphatic carbocycles. The van der Waals surface area contributed by atoms with E-state index in [-0.39, 0.29) is 17.1 Å². The van der Waals surface area contributed by atoms with Crippen LogP contribution >= 0.6 is 0 Å². The van der Waals surface area contributed by atoms with Crippen molar-refractivity contribution >= 4 is 17.5 Å². The van der Waals surface area contributed by atoms with Crippen LogP contribution in [-0.2, 0) is 14.4 Å². The highest BCUT2D eigenvalue weighted by Crippen LogP contribution is 1.93. The smallest absolute Gasteiger partial charge is 0.313 e. The number of rotatable bonds is 3. The van der Waals surface area contributed by atoms with Crippen molar-refractivity contribution in [2.24, 2.45) is 5.16 Å². The molecule has 0 amide bonds. The molecule has 0 radical (unpaired) electrons. The minimum absolute atomic E-state index is 0.157. The van der Waals surface area contributed by atoms with E-state index in [1.54, 1.807) is 0 Å². The Labute approximate surface area is 70.9 Å². The number of hydrogen-bond acceptors (Lipinski definition) is 4. The van der Waals surface area contributed by atoms with Gasteiger partial charge < -0.3 is 4.84 Å². The van der Waals surface area contributed by atoms with E-state index in [0.29, 0.717) is 0 Å². The third kappa shape index (κ3) is 3.65. The Kier molecular flexibility index (Phi) is 3.90. The number of ketones is 1. The summed E-state index contributed by atoms with van der Waals surface area (Å²) in [6.07, 6.45) is 0. The number of carbonyl (C=O) groups is 2. The molecule has 0 fully saturated rings. The Morgan fingerprint density at radius 1 is 1.25 bits per heavy atom. The second-order valence-corrected chi connectivity index (χ2v) is 2.39. The fourth-order valence-electron chi connectivity index (χ4n) is 0.252. The maximum absolute atomic E-state index is 10.7. The molecule has 0 spiro atoms. The lowest BCUT2D eigenvalue weighted by Crippen LogP contribution is -2.08. The van der Waals surface area contributed by atoms with E-state index in [4.69, 9.17) is 0 Å². The summed E-state index contributed by atoms with van der Waals surface area (Å²) in [6, 6.07) is 0. The van der Waals surface area contributed by atoms with E-state index in [1.807, 2.05) is 0 Å². The lowest BCUT2D eigenvalue weighted by atomic mass is 10.3. The summed E-state index contributed by atoms with van der Waals surface area (Å²) in [5, 5.41) is 3.30. The van der Waals surface area contributed by atoms with Crippen molar-refractivity contribution < 1.29 is 14.4 Å². The lowest BCUT2D eigenvalue weighted by Gasteiger charge is -1.95. The van der Waals surface area contributed by atoms with Crippen LogP contribution in [0.2, 0.25) is 0 Å². The molecule has 0 aliphatic heterocycles. The number of Topliss-reactive ketones (excluding diaryl/α,β-unsaturated/α-hetero) is 1. The molecule has 0 saturated carbocycles. The average Bonchev–Trinajstić information content (AvgIpc) is 1.98. The summed E-state index contributed by atoms with van der Waals surface area (Å²) >= 11 is 0. The van der Waals surface area contributed by atoms with Gasteiger partial charge in [-0.1, -0.05) is 11.7 Å². The van der Waals surface area contributed by atoms with E-state index in [9.17, 15) is 9.59 Å². The molecule has 0 heterocycles. The van der Waals surface area contributed by atoms with Gasteiger partial charge in [-0.15, -0.1) is 0 Å². The predicted molar refractivity (Wildman–Crippen MR) is 44.7 cm³/mol. The molecular weight excluding hydrogens is 158 g/mol. The molecule has 0 aromatic heterocycles. The quantitative estimate of drug-likeness (QED) is 0.275. The van der Waals surface area contributed by atoms with Gasteiger partial charge in [-0.25, -0.2) is 4.79 Å². The highest BCUT2D eigenvalue weighted by molar-refractivity contribution is 6.37. The normalized spacial score (nSPS) is 10.8. The molecule has 0 N–H and O–H groups in total. The van der Waals surface area contributed by atoms with Gasteiger partial charge in [0, 0.05) is 12.5 Å². The third-order valence-corrected chi connectivity index (χ3v) is 1.12. The molecule has 0 aromatic carbocycles. The van der Waals surface area contributed by atoms with Crippen LogP contribution in [0, 0.1) is 0 Å². The number of hydrogen-bond donors (Lipinski definition) is 0. The van der Waals surface area contributed by atoms with Crippen molar-refractivity contribution in [3.63, 3.8) is 0 Å². The Morgan fingerprint density at radius 2 is 1.75 bits per heavy atom. The molecule has 0 rings (SSSR count). The summed E-state index contributed by atoms with van der Waals surface area (Å²) in [5.74, 6) is -0.861. The number of carbonyl (C=O) groups excluding carboxylic acids is 2. The van der Waals surface area contributed by atoms with E-state index in [2.05, 4.69) is 16.6 Å². The van der Waals surface area contributed by atoms with Crippen molar-refractivity contribution in [2.45, 2.75) is 20.8 Å². The summed E-state index contributed by atoms with van der Waals surface area (Å²) in [7, 11) is 0. The molecule has 0 saturated heterocycles. The average molecular weight is 169 g/mol. The summed E-state index contributed by atoms with van der Waals surface area (Å²) in [4.78, 5) is 25.7. The maximum Gasteiger partial charge on any atom is 0.360 e. The molecule has 0 unspecified atom stereocenters. The Hall–Kier alpha value is -1.45. The van der Waals surface area contributed by atoms with Crippen LogP contribution in [-0.4, -0.2) is 17.5 Å². The van der Waals surface area contributed by atoms with Gasteiger partial charge >= 0.3 is 5.97 Å². The molecule has 4 nitrogen and oxygen atoms in total. The number of oxime groups is 1. The SMILES string of the molecule is C=C(C)C(=O)O/N=C(\C)C(C)=O. The van der Waals surface area contributed by atoms with Crippen LogP contribution in [0.5, 0.6) is 0 Å². The minimum Gasteiger partial charge on any atom is -0.313 e. The molecule has 66 valence electrons. The standard InChI is InChI=1S/C8H11NO3/c1-5(2)8(11)12-9-6(3)7(4)10/h1H2,2-4H3/b9-6+. The van der Waals surface area contributed by atoms with Gasteiger partial charge in [0.2, 0.25) is 0 Å². The van der Waals surface area contributed by atoms with Crippen LogP contribution in [0.1, 0.15) is 20.8 Å². The van der Waals surface area contributed by atoms with Gasteiger partial charge in [0.25, 0.3) is 0 Å². The highest BCUT2D eigenvalue weighted by atomic mass is 16.7. The van der Waals surface area contributed by atoms with Gasteiger partial charge in [-0.3, -0.25) is 4.79 Å². The van der Waals surface area contributed by atoms with E-state index in [1.165, 1.54) is 20.8 Å². The van der Waals surface area contributed by atoms with Crippen LogP contribution < -0.4 is 0 Å². The van der Waals surface area contributed by atoms with Gasteiger partial charge in [-0.2, -0.15) is 0 Å². The summed E-state index contributed by atoms with van der Waals surface area (Å²) < 4.78 is 0. The first-order valence-corrected chi connectivity index (χ1v) is 3.37. The second kappa shape index (κ2) is 4.43. The first kappa shape index (κ1) is 10.6. The Morgan fingerprint density at radius 3 is 2.08 bits per heavy atom. The largest absolute Gasteiger partial charge is 0.360 e. The minimum atomic E-state index is -0.629. The molecule has 12 heavy (non-hydrogen) atoms. The summed E-state index contributed by atoms with van der Waals surface area (Å²) in [5.41, 5.74) is 0.403. The zero-order chi connectivity index (χ0) is 9.72.